The van der Waals surface area contributed by atoms with Gasteiger partial charge in [-0.25, -0.2) is 0 Å². The topological polar surface area (TPSA) is 75.0 Å². The number of hydrazone groups is 1. The first-order valence-electron chi connectivity index (χ1n) is 11.0. The van der Waals surface area contributed by atoms with Gasteiger partial charge in [0.05, 0.1) is 11.4 Å². The zero-order valence-corrected chi connectivity index (χ0v) is 20.3. The number of thiocarbonyl (C=S) groups is 1. The van der Waals surface area contributed by atoms with Crippen LogP contribution in [0.25, 0.3) is 0 Å². The van der Waals surface area contributed by atoms with Crippen molar-refractivity contribution in [3.05, 3.63) is 54.3 Å². The summed E-state index contributed by atoms with van der Waals surface area (Å²) in [5.41, 5.74) is 6.76. The number of nitrogens with one attached hydrogen (secondary N) is 2. The summed E-state index contributed by atoms with van der Waals surface area (Å²) in [5.74, 6) is -0.0955. The Labute approximate surface area is 197 Å². The van der Waals surface area contributed by atoms with Crippen molar-refractivity contribution in [1.29, 1.82) is 5.41 Å². The molecule has 8 heteroatoms. The molecule has 0 aromatic heterocycles. The normalized spacial score (nSPS) is 18.9. The minimum absolute atomic E-state index is 0.0955. The summed E-state index contributed by atoms with van der Waals surface area (Å²) in [6.07, 6.45) is 3.75. The van der Waals surface area contributed by atoms with Gasteiger partial charge < -0.3 is 14.7 Å². The van der Waals surface area contributed by atoms with Gasteiger partial charge in [0, 0.05) is 51.8 Å². The fourth-order valence-corrected chi connectivity index (χ4v) is 3.88. The Kier molecular flexibility index (Phi) is 9.59. The molecule has 0 radical (unpaired) electrons. The highest BCUT2D eigenvalue weighted by atomic mass is 32.1. The fourth-order valence-electron chi connectivity index (χ4n) is 3.65. The van der Waals surface area contributed by atoms with E-state index in [2.05, 4.69) is 58.1 Å². The number of piperidine rings is 1. The number of amides is 1. The Morgan fingerprint density at radius 1 is 1.22 bits per heavy atom. The van der Waals surface area contributed by atoms with E-state index >= 15 is 0 Å². The molecule has 0 saturated carbocycles. The van der Waals surface area contributed by atoms with Crippen LogP contribution in [0.15, 0.2) is 53.8 Å². The minimum Gasteiger partial charge on any atom is -0.368 e. The molecule has 2 aliphatic rings. The zero-order valence-electron chi connectivity index (χ0n) is 19.5. The average molecular weight is 455 g/mol. The molecule has 2 N–H and O–H groups in total. The number of nitrogens with zero attached hydrogens (tertiary/aromatic N) is 4. The van der Waals surface area contributed by atoms with Crippen molar-refractivity contribution in [2.45, 2.75) is 34.1 Å². The largest absolute Gasteiger partial charge is 0.368 e. The fraction of sp³-hybridized carbons (Fsp3) is 0.417. The molecule has 0 spiro atoms. The molecule has 0 atom stereocenters. The van der Waals surface area contributed by atoms with Gasteiger partial charge >= 0.3 is 0 Å². The van der Waals surface area contributed by atoms with Gasteiger partial charge in [0.1, 0.15) is 5.71 Å². The maximum atomic E-state index is 11.8. The van der Waals surface area contributed by atoms with Gasteiger partial charge in [-0.05, 0) is 42.9 Å². The van der Waals surface area contributed by atoms with E-state index in [1.807, 2.05) is 13.8 Å². The van der Waals surface area contributed by atoms with E-state index in [1.54, 1.807) is 17.1 Å². The molecule has 2 aliphatic heterocycles. The van der Waals surface area contributed by atoms with Gasteiger partial charge in [0.2, 0.25) is 5.91 Å². The number of rotatable bonds is 3. The second-order valence-corrected chi connectivity index (χ2v) is 7.76. The maximum absolute atomic E-state index is 11.8. The van der Waals surface area contributed by atoms with Crippen LogP contribution in [-0.2, 0) is 4.79 Å². The molecule has 7 nitrogen and oxygen atoms in total. The van der Waals surface area contributed by atoms with Crippen LogP contribution in [0.3, 0.4) is 0 Å². The first-order chi connectivity index (χ1) is 15.4. The Morgan fingerprint density at radius 3 is 2.50 bits per heavy atom. The number of aryl methyl sites for hydroxylation is 1. The Balaban J connectivity index is 0.00000176. The minimum atomic E-state index is -0.0955. The number of likely N-dealkylation sites (tertiary alicyclic amines) is 1. The Bertz CT molecular complexity index is 915. The molecule has 2 heterocycles. The van der Waals surface area contributed by atoms with Gasteiger partial charge in [-0.1, -0.05) is 38.6 Å². The molecular weight excluding hydrogens is 420 g/mol. The molecule has 2 saturated heterocycles. The highest BCUT2D eigenvalue weighted by Crippen LogP contribution is 2.18. The monoisotopic (exact) mass is 454 g/mol. The maximum Gasteiger partial charge on any atom is 0.223 e. The molecule has 0 bridgehead atoms. The molecular formula is C24H34N6OS. The van der Waals surface area contributed by atoms with Gasteiger partial charge in [0.25, 0.3) is 0 Å². The zero-order chi connectivity index (χ0) is 23.7. The van der Waals surface area contributed by atoms with Crippen molar-refractivity contribution in [2.24, 2.45) is 5.10 Å². The lowest BCUT2D eigenvalue weighted by molar-refractivity contribution is -0.126. The number of carbonyl (C=O) groups excluding carboxylic acids is 1. The quantitative estimate of drug-likeness (QED) is 0.538. The number of carbonyl (C=O) groups is 1. The molecule has 32 heavy (non-hydrogen) atoms. The lowest BCUT2D eigenvalue weighted by Crippen LogP contribution is -2.51. The van der Waals surface area contributed by atoms with Crippen LogP contribution in [0.1, 0.15) is 32.8 Å². The average Bonchev–Trinajstić information content (AvgIpc) is 2.80. The lowest BCUT2D eigenvalue weighted by atomic mass is 10.0. The summed E-state index contributed by atoms with van der Waals surface area (Å²) >= 11 is 5.53. The Morgan fingerprint density at radius 2 is 1.91 bits per heavy atom. The number of hydrogen-bond donors (Lipinski definition) is 2. The van der Waals surface area contributed by atoms with Gasteiger partial charge in [-0.3, -0.25) is 15.6 Å². The smallest absolute Gasteiger partial charge is 0.223 e. The third kappa shape index (κ3) is 6.26. The van der Waals surface area contributed by atoms with Crippen LogP contribution in [0.4, 0.5) is 5.69 Å². The van der Waals surface area contributed by atoms with Crippen molar-refractivity contribution >= 4 is 40.3 Å². The van der Waals surface area contributed by atoms with E-state index in [4.69, 9.17) is 17.6 Å². The van der Waals surface area contributed by atoms with Crippen LogP contribution in [-0.4, -0.2) is 65.0 Å². The van der Waals surface area contributed by atoms with Crippen LogP contribution >= 0.6 is 12.2 Å². The van der Waals surface area contributed by atoms with E-state index in [-0.39, 0.29) is 11.6 Å². The number of hydrogen-bond acceptors (Lipinski definition) is 5. The third-order valence-electron chi connectivity index (χ3n) is 5.28. The van der Waals surface area contributed by atoms with Crippen molar-refractivity contribution in [3.8, 4) is 0 Å². The van der Waals surface area contributed by atoms with Gasteiger partial charge in [-0.15, -0.1) is 0 Å². The number of benzene rings is 1. The summed E-state index contributed by atoms with van der Waals surface area (Å²) in [4.78, 5) is 17.9. The molecule has 1 aromatic carbocycles. The van der Waals surface area contributed by atoms with Gasteiger partial charge in [0.15, 0.2) is 5.11 Å². The van der Waals surface area contributed by atoms with E-state index in [0.29, 0.717) is 29.5 Å². The third-order valence-corrected chi connectivity index (χ3v) is 5.63. The van der Waals surface area contributed by atoms with Crippen molar-refractivity contribution in [2.75, 3.05) is 37.6 Å². The second-order valence-electron chi connectivity index (χ2n) is 7.37. The highest BCUT2D eigenvalue weighted by molar-refractivity contribution is 7.80. The molecule has 0 aliphatic carbocycles. The molecule has 1 amide bonds. The molecule has 172 valence electrons. The van der Waals surface area contributed by atoms with Crippen molar-refractivity contribution < 1.29 is 4.79 Å². The van der Waals surface area contributed by atoms with E-state index in [9.17, 15) is 4.79 Å². The standard InChI is InChI=1S/C22H28N6OS.C2H6/c1-4-6-20-21(23)19(9-10-28(20)17(3)29)24-25-22(30)27-13-11-26(12-14-27)18-8-5-7-16(2)15-18;1-2/h4-8,15,23H,1,9-14H2,2-3H3,(H,25,30);1-2H3/b20-6+,23-21?,24-19-;. The van der Waals surface area contributed by atoms with E-state index in [1.165, 1.54) is 18.2 Å². The summed E-state index contributed by atoms with van der Waals surface area (Å²) in [7, 11) is 0. The van der Waals surface area contributed by atoms with Crippen molar-refractivity contribution in [3.63, 3.8) is 0 Å². The SMILES string of the molecule is C=C/C=C1\C(=N)/C(=N\NC(=S)N2CCN(c3cccc(C)c3)CC2)CCN1C(C)=O.CC. The van der Waals surface area contributed by atoms with E-state index in [0.717, 1.165) is 26.2 Å². The first kappa shape index (κ1) is 25.3. The first-order valence-corrected chi connectivity index (χ1v) is 11.4. The predicted molar refractivity (Wildman–Crippen MR) is 137 cm³/mol. The predicted octanol–water partition coefficient (Wildman–Crippen LogP) is 3.72. The van der Waals surface area contributed by atoms with Crippen LogP contribution in [0.2, 0.25) is 0 Å². The Hall–Kier alpha value is -3.00. The highest BCUT2D eigenvalue weighted by Gasteiger charge is 2.27. The van der Waals surface area contributed by atoms with Crippen LogP contribution < -0.4 is 10.3 Å². The molecule has 0 unspecified atom stereocenters. The van der Waals surface area contributed by atoms with Crippen molar-refractivity contribution in [1.82, 2.24) is 15.2 Å². The second kappa shape index (κ2) is 12.1. The lowest BCUT2D eigenvalue weighted by Gasteiger charge is -2.37. The molecule has 3 rings (SSSR count). The summed E-state index contributed by atoms with van der Waals surface area (Å²) in [5, 5.41) is 13.4. The summed E-state index contributed by atoms with van der Waals surface area (Å²) in [6.45, 7) is 15.2. The number of anilines is 1. The summed E-state index contributed by atoms with van der Waals surface area (Å²) < 4.78 is 0. The van der Waals surface area contributed by atoms with Gasteiger partial charge in [-0.2, -0.15) is 5.10 Å². The summed E-state index contributed by atoms with van der Waals surface area (Å²) in [6, 6.07) is 8.52. The van der Waals surface area contributed by atoms with E-state index < -0.39 is 0 Å². The number of piperazine rings is 1. The van der Waals surface area contributed by atoms with Crippen LogP contribution in [0.5, 0.6) is 0 Å². The molecule has 2 fully saturated rings. The number of allylic oxidation sites excluding steroid dienone is 3. The van der Waals surface area contributed by atoms with Crippen LogP contribution in [0, 0.1) is 12.3 Å². The molecule has 1 aromatic rings.